The Morgan fingerprint density at radius 1 is 1.40 bits per heavy atom. The first kappa shape index (κ1) is 8.63. The van der Waals surface area contributed by atoms with Crippen LogP contribution < -0.4 is 5.73 Å². The van der Waals surface area contributed by atoms with E-state index in [0.717, 1.165) is 0 Å². The van der Waals surface area contributed by atoms with Crippen LogP contribution in [-0.4, -0.2) is 22.6 Å². The van der Waals surface area contributed by atoms with Gasteiger partial charge in [-0.05, 0) is 12.2 Å². The quantitative estimate of drug-likeness (QED) is 0.297. The van der Waals surface area contributed by atoms with Crippen molar-refractivity contribution < 1.29 is 24.2 Å². The fourth-order valence-electron chi connectivity index (χ4n) is 0.174. The number of hydrogen-bond acceptors (Lipinski definition) is 5. The van der Waals surface area contributed by atoms with E-state index in [-0.39, 0.29) is 0 Å². The lowest BCUT2D eigenvalue weighted by Crippen LogP contribution is -2.20. The lowest BCUT2D eigenvalue weighted by Gasteiger charge is -1.96. The van der Waals surface area contributed by atoms with E-state index < -0.39 is 17.5 Å². The maximum atomic E-state index is 10.1. The number of carbonyl (C=O) groups is 2. The molecule has 0 rings (SSSR count). The maximum Gasteiger partial charge on any atom is 0.526 e. The first-order valence-electron chi connectivity index (χ1n) is 1.94. The zero-order valence-electron chi connectivity index (χ0n) is 4.57. The van der Waals surface area contributed by atoms with Crippen LogP contribution in [0.2, 0.25) is 0 Å². The number of ether oxygens (including phenoxy) is 2. The molecule has 0 bridgehead atoms. The summed E-state index contributed by atoms with van der Waals surface area (Å²) in [6.07, 6.45) is -3.23. The van der Waals surface area contributed by atoms with Crippen molar-refractivity contribution in [3.63, 3.8) is 0 Å². The molecule has 0 radical (unpaired) electrons. The van der Waals surface area contributed by atoms with Crippen LogP contribution in [0.3, 0.4) is 0 Å². The monoisotopic (exact) mass is 165 g/mol. The Bertz CT molecular complexity index is 160. The minimum absolute atomic E-state index is 0.591. The molecule has 0 aliphatic heterocycles. The molecule has 0 amide bonds. The smallest absolute Gasteiger partial charge is 0.449 e. The van der Waals surface area contributed by atoms with Gasteiger partial charge < -0.3 is 20.3 Å². The van der Waals surface area contributed by atoms with Gasteiger partial charge in [0, 0.05) is 0 Å². The topological polar surface area (TPSA) is 98.9 Å². The SMILES string of the molecule is NC(=S)OC(=O)OC(=O)O. The molecule has 0 fully saturated rings. The predicted molar refractivity (Wildman–Crippen MR) is 32.4 cm³/mol. The van der Waals surface area contributed by atoms with E-state index in [9.17, 15) is 9.59 Å². The van der Waals surface area contributed by atoms with Crippen molar-refractivity contribution in [2.75, 3.05) is 0 Å². The molecule has 0 spiro atoms. The molecule has 0 aromatic heterocycles. The normalized spacial score (nSPS) is 8.00. The summed E-state index contributed by atoms with van der Waals surface area (Å²) in [6.45, 7) is 0. The molecular weight excluding hydrogens is 162 g/mol. The van der Waals surface area contributed by atoms with Gasteiger partial charge in [-0.25, -0.2) is 9.59 Å². The van der Waals surface area contributed by atoms with Crippen LogP contribution in [0.1, 0.15) is 0 Å². The summed E-state index contributed by atoms with van der Waals surface area (Å²) in [5.41, 5.74) is 4.68. The van der Waals surface area contributed by atoms with E-state index in [4.69, 9.17) is 5.11 Å². The van der Waals surface area contributed by atoms with Gasteiger partial charge in [0.05, 0.1) is 0 Å². The average Bonchev–Trinajstić information content (AvgIpc) is 1.58. The molecule has 7 heteroatoms. The molecule has 0 heterocycles. The molecule has 3 N–H and O–H groups in total. The van der Waals surface area contributed by atoms with Gasteiger partial charge in [-0.2, -0.15) is 0 Å². The molecule has 0 aliphatic carbocycles. The van der Waals surface area contributed by atoms with E-state index in [0.29, 0.717) is 0 Å². The second-order valence-corrected chi connectivity index (χ2v) is 1.44. The van der Waals surface area contributed by atoms with Crippen LogP contribution >= 0.6 is 12.2 Å². The van der Waals surface area contributed by atoms with Gasteiger partial charge in [-0.3, -0.25) is 0 Å². The van der Waals surface area contributed by atoms with Gasteiger partial charge >= 0.3 is 12.3 Å². The predicted octanol–water partition coefficient (Wildman–Crippen LogP) is 0.0612. The summed E-state index contributed by atoms with van der Waals surface area (Å²) in [5, 5.41) is 7.20. The molecule has 0 atom stereocenters. The van der Waals surface area contributed by atoms with Crippen LogP contribution in [0.25, 0.3) is 0 Å². The summed E-state index contributed by atoms with van der Waals surface area (Å²) in [7, 11) is 0. The zero-order valence-corrected chi connectivity index (χ0v) is 5.38. The van der Waals surface area contributed by atoms with Crippen molar-refractivity contribution in [1.82, 2.24) is 0 Å². The summed E-state index contributed by atoms with van der Waals surface area (Å²) < 4.78 is 7.28. The Morgan fingerprint density at radius 3 is 2.20 bits per heavy atom. The Labute approximate surface area is 60.5 Å². The van der Waals surface area contributed by atoms with Crippen LogP contribution in [0, 0.1) is 0 Å². The highest BCUT2D eigenvalue weighted by molar-refractivity contribution is 7.80. The molecule has 0 aromatic carbocycles. The Hall–Kier alpha value is -1.37. The molecule has 0 saturated heterocycles. The van der Waals surface area contributed by atoms with Gasteiger partial charge in [-0.15, -0.1) is 0 Å². The Balaban J connectivity index is 3.65. The minimum atomic E-state index is -1.78. The largest absolute Gasteiger partial charge is 0.526 e. The second kappa shape index (κ2) is 3.62. The Morgan fingerprint density at radius 2 is 1.90 bits per heavy atom. The molecule has 6 nitrogen and oxygen atoms in total. The molecule has 0 saturated carbocycles. The maximum absolute atomic E-state index is 10.1. The average molecular weight is 165 g/mol. The van der Waals surface area contributed by atoms with Gasteiger partial charge in [0.15, 0.2) is 0 Å². The van der Waals surface area contributed by atoms with Crippen LogP contribution in [0.4, 0.5) is 9.59 Å². The molecule has 0 aromatic rings. The summed E-state index contributed by atoms with van der Waals surface area (Å²) >= 11 is 4.09. The van der Waals surface area contributed by atoms with Crippen molar-refractivity contribution >= 4 is 29.7 Å². The standard InChI is InChI=1S/C3H3NO5S/c4-1(10)8-3(7)9-2(5)6/h(H2,4,10)(H,5,6). The third kappa shape index (κ3) is 4.78. The lowest BCUT2D eigenvalue weighted by molar-refractivity contribution is 0.0830. The number of thiocarbonyl (C=S) groups is 1. The van der Waals surface area contributed by atoms with Gasteiger partial charge in [0.1, 0.15) is 0 Å². The summed E-state index contributed by atoms with van der Waals surface area (Å²) in [5.74, 6) is 0. The van der Waals surface area contributed by atoms with Gasteiger partial charge in [-0.1, -0.05) is 0 Å². The third-order valence-electron chi connectivity index (χ3n) is 0.355. The molecule has 0 unspecified atom stereocenters. The van der Waals surface area contributed by atoms with Crippen LogP contribution in [-0.2, 0) is 9.47 Å². The third-order valence-corrected chi connectivity index (χ3v) is 0.438. The number of carboxylic acid groups (broad SMARTS) is 1. The zero-order chi connectivity index (χ0) is 8.15. The van der Waals surface area contributed by atoms with Gasteiger partial charge in [0.25, 0.3) is 5.17 Å². The second-order valence-electron chi connectivity index (χ2n) is 1.04. The summed E-state index contributed by atoms with van der Waals surface area (Å²) in [6, 6.07) is 0. The van der Waals surface area contributed by atoms with Crippen molar-refractivity contribution in [3.05, 3.63) is 0 Å². The summed E-state index contributed by atoms with van der Waals surface area (Å²) in [4.78, 5) is 19.7. The fraction of sp³-hybridized carbons (Fsp3) is 0. The first-order valence-corrected chi connectivity index (χ1v) is 2.35. The molecule has 10 heavy (non-hydrogen) atoms. The van der Waals surface area contributed by atoms with E-state index in [2.05, 4.69) is 27.4 Å². The van der Waals surface area contributed by atoms with Crippen molar-refractivity contribution in [2.45, 2.75) is 0 Å². The molecule has 0 aliphatic rings. The van der Waals surface area contributed by atoms with E-state index in [1.54, 1.807) is 0 Å². The van der Waals surface area contributed by atoms with Crippen molar-refractivity contribution in [1.29, 1.82) is 0 Å². The highest BCUT2D eigenvalue weighted by Crippen LogP contribution is 1.84. The van der Waals surface area contributed by atoms with Gasteiger partial charge in [0.2, 0.25) is 0 Å². The number of carbonyl (C=O) groups excluding carboxylic acids is 1. The highest BCUT2D eigenvalue weighted by atomic mass is 32.1. The minimum Gasteiger partial charge on any atom is -0.449 e. The van der Waals surface area contributed by atoms with Crippen molar-refractivity contribution in [3.8, 4) is 0 Å². The van der Waals surface area contributed by atoms with Crippen LogP contribution in [0.5, 0.6) is 0 Å². The fourth-order valence-corrected chi connectivity index (χ4v) is 0.242. The van der Waals surface area contributed by atoms with E-state index in [1.807, 2.05) is 0 Å². The number of rotatable bonds is 0. The van der Waals surface area contributed by atoms with Crippen molar-refractivity contribution in [2.24, 2.45) is 5.73 Å². The van der Waals surface area contributed by atoms with Crippen LogP contribution in [0.15, 0.2) is 0 Å². The van der Waals surface area contributed by atoms with E-state index >= 15 is 0 Å². The van der Waals surface area contributed by atoms with E-state index in [1.165, 1.54) is 0 Å². The molecule has 56 valence electrons. The number of hydrogen-bond donors (Lipinski definition) is 2. The Kier molecular flexibility index (Phi) is 3.12. The lowest BCUT2D eigenvalue weighted by atomic mass is 11.2. The number of nitrogens with two attached hydrogens (primary N) is 1. The first-order chi connectivity index (χ1) is 4.52. The molecular formula is C3H3NO5S. The highest BCUT2D eigenvalue weighted by Gasteiger charge is 2.09.